The topological polar surface area (TPSA) is 119 Å². The van der Waals surface area contributed by atoms with Crippen molar-refractivity contribution in [2.24, 2.45) is 5.73 Å². The third kappa shape index (κ3) is 30.0. The molecule has 7 heteroatoms. The largest absolute Gasteiger partial charge is 0.480 e. The lowest BCUT2D eigenvalue weighted by atomic mass is 10.1. The zero-order valence-corrected chi connectivity index (χ0v) is 29.0. The highest BCUT2D eigenvalue weighted by Gasteiger charge is 2.19. The van der Waals surface area contributed by atoms with Crippen LogP contribution in [0.3, 0.4) is 0 Å². The molecule has 260 valence electrons. The van der Waals surface area contributed by atoms with Gasteiger partial charge in [-0.05, 0) is 96.1 Å². The first kappa shape index (κ1) is 42.6. The molecule has 0 spiro atoms. The molecule has 0 saturated carbocycles. The molecule has 2 atom stereocenters. The number of nitrogens with two attached hydrogens (primary N) is 1. The van der Waals surface area contributed by atoms with E-state index < -0.39 is 12.0 Å². The first-order chi connectivity index (χ1) is 21.9. The first-order valence-corrected chi connectivity index (χ1v) is 18.3. The average Bonchev–Trinajstić information content (AvgIpc) is 3.02. The maximum Gasteiger partial charge on any atom is 0.326 e. The summed E-state index contributed by atoms with van der Waals surface area (Å²) in [6.07, 6.45) is 36.4. The molecule has 0 aliphatic heterocycles. The molecule has 0 bridgehead atoms. The molecule has 1 amide bonds. The summed E-state index contributed by atoms with van der Waals surface area (Å²) in [6.45, 7) is 4.83. The lowest BCUT2D eigenvalue weighted by Gasteiger charge is -2.15. The van der Waals surface area contributed by atoms with Gasteiger partial charge in [-0.3, -0.25) is 9.59 Å². The van der Waals surface area contributed by atoms with E-state index in [9.17, 15) is 19.5 Å². The van der Waals surface area contributed by atoms with Gasteiger partial charge in [0.05, 0.1) is 0 Å². The standard InChI is InChI=1S/C38H68N2O5/c1-3-5-7-9-10-11-12-13-14-15-16-17-18-20-26-32-37(42)45-34(28-23-19-8-6-4-2)29-24-21-22-25-31-36(41)40-35(38(43)44)30-27-33-39/h10-11,13-14,23,28,34-35H,3-9,12,15-22,24-27,29-33,39H2,1-2H3,(H,40,41)(H,43,44)/b11-10-,14-13-,28-23-. The van der Waals surface area contributed by atoms with Crippen molar-refractivity contribution in [3.8, 4) is 0 Å². The predicted octanol–water partition coefficient (Wildman–Crippen LogP) is 9.50. The van der Waals surface area contributed by atoms with Gasteiger partial charge in [0.1, 0.15) is 12.1 Å². The van der Waals surface area contributed by atoms with Crippen molar-refractivity contribution in [2.75, 3.05) is 6.54 Å². The summed E-state index contributed by atoms with van der Waals surface area (Å²) in [5.41, 5.74) is 5.46. The Morgan fingerprint density at radius 1 is 0.667 bits per heavy atom. The van der Waals surface area contributed by atoms with Gasteiger partial charge in [-0.1, -0.05) is 102 Å². The van der Waals surface area contributed by atoms with E-state index in [2.05, 4.69) is 55.6 Å². The van der Waals surface area contributed by atoms with Crippen molar-refractivity contribution in [1.82, 2.24) is 5.32 Å². The summed E-state index contributed by atoms with van der Waals surface area (Å²) in [4.78, 5) is 36.0. The third-order valence-corrected chi connectivity index (χ3v) is 7.91. The maximum atomic E-state index is 12.6. The van der Waals surface area contributed by atoms with Crippen molar-refractivity contribution in [3.05, 3.63) is 36.5 Å². The zero-order valence-electron chi connectivity index (χ0n) is 29.0. The highest BCUT2D eigenvalue weighted by atomic mass is 16.5. The monoisotopic (exact) mass is 633 g/mol. The van der Waals surface area contributed by atoms with Crippen LogP contribution in [0.1, 0.15) is 168 Å². The van der Waals surface area contributed by atoms with Crippen molar-refractivity contribution in [3.63, 3.8) is 0 Å². The number of amides is 1. The van der Waals surface area contributed by atoms with Gasteiger partial charge in [-0.15, -0.1) is 0 Å². The number of rotatable bonds is 32. The molecule has 7 nitrogen and oxygen atoms in total. The van der Waals surface area contributed by atoms with Crippen LogP contribution in [0, 0.1) is 0 Å². The van der Waals surface area contributed by atoms with Crippen molar-refractivity contribution in [2.45, 2.75) is 180 Å². The lowest BCUT2D eigenvalue weighted by Crippen LogP contribution is -2.40. The molecule has 0 heterocycles. The van der Waals surface area contributed by atoms with Crippen LogP contribution in [0.25, 0.3) is 0 Å². The molecule has 0 aromatic carbocycles. The Morgan fingerprint density at radius 3 is 1.84 bits per heavy atom. The van der Waals surface area contributed by atoms with Crippen molar-refractivity contribution < 1.29 is 24.2 Å². The fraction of sp³-hybridized carbons (Fsp3) is 0.763. The molecule has 45 heavy (non-hydrogen) atoms. The van der Waals surface area contributed by atoms with Crippen LogP contribution >= 0.6 is 0 Å². The summed E-state index contributed by atoms with van der Waals surface area (Å²) in [5, 5.41) is 11.9. The molecule has 0 aliphatic rings. The lowest BCUT2D eigenvalue weighted by molar-refractivity contribution is -0.147. The van der Waals surface area contributed by atoms with Gasteiger partial charge in [0, 0.05) is 12.8 Å². The van der Waals surface area contributed by atoms with E-state index >= 15 is 0 Å². The van der Waals surface area contributed by atoms with E-state index in [1.165, 1.54) is 51.4 Å². The van der Waals surface area contributed by atoms with E-state index in [-0.39, 0.29) is 18.0 Å². The smallest absolute Gasteiger partial charge is 0.326 e. The number of esters is 1. The van der Waals surface area contributed by atoms with E-state index in [1.54, 1.807) is 0 Å². The normalized spacial score (nSPS) is 13.1. The zero-order chi connectivity index (χ0) is 33.2. The Kier molecular flexibility index (Phi) is 31.2. The number of nitrogens with one attached hydrogen (secondary N) is 1. The van der Waals surface area contributed by atoms with Gasteiger partial charge in [0.25, 0.3) is 0 Å². The molecular weight excluding hydrogens is 564 g/mol. The number of aliphatic carboxylic acids is 1. The first-order valence-electron chi connectivity index (χ1n) is 18.3. The Morgan fingerprint density at radius 2 is 1.22 bits per heavy atom. The molecular formula is C38H68N2O5. The number of carboxylic acids is 1. The summed E-state index contributed by atoms with van der Waals surface area (Å²) in [7, 11) is 0. The van der Waals surface area contributed by atoms with Crippen LogP contribution in [0.15, 0.2) is 36.5 Å². The van der Waals surface area contributed by atoms with Gasteiger partial charge in [0.15, 0.2) is 0 Å². The number of carbonyl (C=O) groups excluding carboxylic acids is 2. The molecule has 0 fully saturated rings. The number of ether oxygens (including phenoxy) is 1. The fourth-order valence-electron chi connectivity index (χ4n) is 5.09. The average molecular weight is 633 g/mol. The number of unbranched alkanes of at least 4 members (excludes halogenated alkanes) is 14. The van der Waals surface area contributed by atoms with Gasteiger partial charge >= 0.3 is 11.9 Å². The summed E-state index contributed by atoms with van der Waals surface area (Å²) in [5.74, 6) is -1.35. The molecule has 0 aliphatic carbocycles. The minimum Gasteiger partial charge on any atom is -0.480 e. The second-order valence-electron chi connectivity index (χ2n) is 12.3. The van der Waals surface area contributed by atoms with Gasteiger partial charge in [-0.2, -0.15) is 0 Å². The van der Waals surface area contributed by atoms with Crippen molar-refractivity contribution in [1.29, 1.82) is 0 Å². The van der Waals surface area contributed by atoms with Crippen molar-refractivity contribution >= 4 is 17.8 Å². The minimum atomic E-state index is -1.02. The molecule has 0 aromatic heterocycles. The van der Waals surface area contributed by atoms with Crippen LogP contribution in [0.5, 0.6) is 0 Å². The molecule has 4 N–H and O–H groups in total. The van der Waals surface area contributed by atoms with Crippen LogP contribution in [0.4, 0.5) is 0 Å². The molecule has 0 aromatic rings. The summed E-state index contributed by atoms with van der Waals surface area (Å²) < 4.78 is 5.85. The molecule has 2 unspecified atom stereocenters. The van der Waals surface area contributed by atoms with Gasteiger partial charge in [0.2, 0.25) is 5.91 Å². The van der Waals surface area contributed by atoms with E-state index in [0.717, 1.165) is 70.6 Å². The molecule has 0 rings (SSSR count). The summed E-state index contributed by atoms with van der Waals surface area (Å²) >= 11 is 0. The van der Waals surface area contributed by atoms with E-state index in [4.69, 9.17) is 10.5 Å². The van der Waals surface area contributed by atoms with Crippen LogP contribution in [0.2, 0.25) is 0 Å². The fourth-order valence-corrected chi connectivity index (χ4v) is 5.09. The van der Waals surface area contributed by atoms with Gasteiger partial charge in [-0.25, -0.2) is 4.79 Å². The number of allylic oxidation sites excluding steroid dienone is 5. The number of hydrogen-bond acceptors (Lipinski definition) is 5. The third-order valence-electron chi connectivity index (χ3n) is 7.91. The Bertz CT molecular complexity index is 808. The molecule has 0 radical (unpaired) electrons. The highest BCUT2D eigenvalue weighted by Crippen LogP contribution is 2.15. The summed E-state index contributed by atoms with van der Waals surface area (Å²) in [6, 6.07) is -0.870. The Balaban J connectivity index is 4.20. The number of hydrogen-bond donors (Lipinski definition) is 3. The second-order valence-corrected chi connectivity index (χ2v) is 12.3. The number of carboxylic acid groups (broad SMARTS) is 1. The Hall–Kier alpha value is -2.41. The predicted molar refractivity (Wildman–Crippen MR) is 188 cm³/mol. The SMILES string of the molecule is CCCCC/C=C\C/C=C\CCCCCCCC(=O)OC(/C=C\CCCCC)CCCCCCC(=O)NC(CCCN)C(=O)O. The number of carbonyl (C=O) groups is 3. The Labute approximate surface area is 275 Å². The van der Waals surface area contributed by atoms with E-state index in [0.29, 0.717) is 38.6 Å². The highest BCUT2D eigenvalue weighted by molar-refractivity contribution is 5.83. The maximum absolute atomic E-state index is 12.6. The minimum absolute atomic E-state index is 0.108. The quantitative estimate of drug-likeness (QED) is 0.0386. The molecule has 0 saturated heterocycles. The van der Waals surface area contributed by atoms with Crippen LogP contribution in [-0.4, -0.2) is 41.6 Å². The van der Waals surface area contributed by atoms with Crippen LogP contribution < -0.4 is 11.1 Å². The van der Waals surface area contributed by atoms with Crippen LogP contribution in [-0.2, 0) is 19.1 Å². The van der Waals surface area contributed by atoms with E-state index in [1.807, 2.05) is 0 Å². The van der Waals surface area contributed by atoms with Gasteiger partial charge < -0.3 is 20.9 Å². The second kappa shape index (κ2) is 33.0.